The molecule has 0 aliphatic rings. The third-order valence-electron chi connectivity index (χ3n) is 2.96. The number of esters is 1. The molecule has 4 heteroatoms. The molecule has 0 radical (unpaired) electrons. The van der Waals surface area contributed by atoms with Crippen molar-refractivity contribution in [2.75, 3.05) is 31.6 Å². The average Bonchev–Trinajstić information content (AvgIpc) is 2.44. The van der Waals surface area contributed by atoms with Crippen LogP contribution in [0.25, 0.3) is 0 Å². The molecule has 4 nitrogen and oxygen atoms in total. The molecule has 1 N–H and O–H groups in total. The molecule has 0 aliphatic heterocycles. The van der Waals surface area contributed by atoms with Gasteiger partial charge in [-0.2, -0.15) is 0 Å². The zero-order valence-electron chi connectivity index (χ0n) is 12.1. The van der Waals surface area contributed by atoms with Crippen LogP contribution in [0.3, 0.4) is 0 Å². The second kappa shape index (κ2) is 8.53. The first-order chi connectivity index (χ1) is 9.15. The summed E-state index contributed by atoms with van der Waals surface area (Å²) in [5, 5.41) is 3.17. The molecule has 0 aliphatic carbocycles. The summed E-state index contributed by atoms with van der Waals surface area (Å²) in [4.78, 5) is 13.6. The minimum Gasteiger partial charge on any atom is -0.465 e. The molecule has 1 aromatic rings. The monoisotopic (exact) mass is 264 g/mol. The maximum Gasteiger partial charge on any atom is 0.322 e. The van der Waals surface area contributed by atoms with Crippen LogP contribution < -0.4 is 10.2 Å². The van der Waals surface area contributed by atoms with Gasteiger partial charge in [-0.25, -0.2) is 0 Å². The second-order valence-electron chi connectivity index (χ2n) is 4.54. The predicted molar refractivity (Wildman–Crippen MR) is 78.4 cm³/mol. The number of nitrogens with one attached hydrogen (secondary N) is 1. The van der Waals surface area contributed by atoms with Gasteiger partial charge in [0.2, 0.25) is 0 Å². The topological polar surface area (TPSA) is 41.6 Å². The number of rotatable bonds is 8. The van der Waals surface area contributed by atoms with E-state index in [-0.39, 0.29) is 12.0 Å². The fourth-order valence-corrected chi connectivity index (χ4v) is 1.80. The summed E-state index contributed by atoms with van der Waals surface area (Å²) in [5.74, 6) is -0.182. The quantitative estimate of drug-likeness (QED) is 0.576. The standard InChI is InChI=1S/C15H24N2O2/c1-4-19-15(18)13(2)16-11-8-12-17(3)14-9-6-5-7-10-14/h5-7,9-10,13,16H,4,8,11-12H2,1-3H3. The lowest BCUT2D eigenvalue weighted by atomic mass is 10.2. The van der Waals surface area contributed by atoms with E-state index in [0.29, 0.717) is 6.61 Å². The SMILES string of the molecule is CCOC(=O)C(C)NCCCN(C)c1ccccc1. The van der Waals surface area contributed by atoms with Gasteiger partial charge in [-0.3, -0.25) is 4.79 Å². The zero-order chi connectivity index (χ0) is 14.1. The number of hydrogen-bond acceptors (Lipinski definition) is 4. The average molecular weight is 264 g/mol. The number of nitrogens with zero attached hydrogens (tertiary/aromatic N) is 1. The molecule has 0 bridgehead atoms. The van der Waals surface area contributed by atoms with E-state index in [9.17, 15) is 4.79 Å². The van der Waals surface area contributed by atoms with Crippen LogP contribution in [0.4, 0.5) is 5.69 Å². The maximum atomic E-state index is 11.4. The molecule has 0 saturated heterocycles. The Hall–Kier alpha value is -1.55. The van der Waals surface area contributed by atoms with Gasteiger partial charge in [0, 0.05) is 19.3 Å². The molecule has 1 atom stereocenters. The number of hydrogen-bond donors (Lipinski definition) is 1. The van der Waals surface area contributed by atoms with Crippen LogP contribution in [-0.2, 0) is 9.53 Å². The molecule has 0 spiro atoms. The fourth-order valence-electron chi connectivity index (χ4n) is 1.80. The van der Waals surface area contributed by atoms with Crippen LogP contribution in [0.15, 0.2) is 30.3 Å². The largest absolute Gasteiger partial charge is 0.465 e. The van der Waals surface area contributed by atoms with E-state index in [4.69, 9.17) is 4.74 Å². The summed E-state index contributed by atoms with van der Waals surface area (Å²) in [7, 11) is 2.07. The van der Waals surface area contributed by atoms with E-state index < -0.39 is 0 Å². The third kappa shape index (κ3) is 5.75. The van der Waals surface area contributed by atoms with Gasteiger partial charge in [0.05, 0.1) is 6.61 Å². The van der Waals surface area contributed by atoms with Gasteiger partial charge < -0.3 is 15.0 Å². The summed E-state index contributed by atoms with van der Waals surface area (Å²) in [6.07, 6.45) is 0.981. The first-order valence-corrected chi connectivity index (χ1v) is 6.81. The van der Waals surface area contributed by atoms with Crippen molar-refractivity contribution in [2.45, 2.75) is 26.3 Å². The smallest absolute Gasteiger partial charge is 0.322 e. The maximum absolute atomic E-state index is 11.4. The van der Waals surface area contributed by atoms with Crippen molar-refractivity contribution in [3.8, 4) is 0 Å². The number of carbonyl (C=O) groups excluding carboxylic acids is 1. The molecule has 0 heterocycles. The van der Waals surface area contributed by atoms with Crippen molar-refractivity contribution >= 4 is 11.7 Å². The van der Waals surface area contributed by atoms with E-state index in [1.54, 1.807) is 0 Å². The van der Waals surface area contributed by atoms with Crippen LogP contribution in [-0.4, -0.2) is 38.8 Å². The molecule has 0 saturated carbocycles. The van der Waals surface area contributed by atoms with Crippen LogP contribution in [0, 0.1) is 0 Å². The second-order valence-corrected chi connectivity index (χ2v) is 4.54. The van der Waals surface area contributed by atoms with Crippen molar-refractivity contribution in [1.29, 1.82) is 0 Å². The van der Waals surface area contributed by atoms with E-state index in [1.807, 2.05) is 32.0 Å². The summed E-state index contributed by atoms with van der Waals surface area (Å²) in [6, 6.07) is 10.0. The molecule has 1 rings (SSSR count). The fraction of sp³-hybridized carbons (Fsp3) is 0.533. The molecule has 0 fully saturated rings. The Morgan fingerprint density at radius 3 is 2.68 bits per heavy atom. The molecule has 1 unspecified atom stereocenters. The lowest BCUT2D eigenvalue weighted by molar-refractivity contribution is -0.145. The summed E-state index contributed by atoms with van der Waals surface area (Å²) in [6.45, 7) is 5.84. The molecular formula is C15H24N2O2. The Labute approximate surface area is 115 Å². The van der Waals surface area contributed by atoms with Crippen LogP contribution in [0.1, 0.15) is 20.3 Å². The first kappa shape index (κ1) is 15.5. The Morgan fingerprint density at radius 1 is 1.37 bits per heavy atom. The summed E-state index contributed by atoms with van der Waals surface area (Å²) in [5.41, 5.74) is 1.21. The normalized spacial score (nSPS) is 11.9. The highest BCUT2D eigenvalue weighted by molar-refractivity contribution is 5.75. The van der Waals surface area contributed by atoms with E-state index >= 15 is 0 Å². The number of carbonyl (C=O) groups is 1. The number of benzene rings is 1. The zero-order valence-corrected chi connectivity index (χ0v) is 12.1. The molecule has 0 aromatic heterocycles. The molecule has 106 valence electrons. The highest BCUT2D eigenvalue weighted by atomic mass is 16.5. The van der Waals surface area contributed by atoms with Gasteiger partial charge in [0.1, 0.15) is 6.04 Å². The Bertz CT molecular complexity index is 368. The molecule has 0 amide bonds. The Balaban J connectivity index is 2.19. The summed E-state index contributed by atoms with van der Waals surface area (Å²) >= 11 is 0. The van der Waals surface area contributed by atoms with Gasteiger partial charge in [0.15, 0.2) is 0 Å². The van der Waals surface area contributed by atoms with Gasteiger partial charge in [-0.1, -0.05) is 18.2 Å². The van der Waals surface area contributed by atoms with Crippen molar-refractivity contribution in [3.63, 3.8) is 0 Å². The minimum atomic E-state index is -0.234. The van der Waals surface area contributed by atoms with Crippen LogP contribution in [0.5, 0.6) is 0 Å². The van der Waals surface area contributed by atoms with Gasteiger partial charge in [-0.15, -0.1) is 0 Å². The van der Waals surface area contributed by atoms with Crippen molar-refractivity contribution in [1.82, 2.24) is 5.32 Å². The van der Waals surface area contributed by atoms with Gasteiger partial charge in [0.25, 0.3) is 0 Å². The Kier molecular flexibility index (Phi) is 6.97. The predicted octanol–water partition coefficient (Wildman–Crippen LogP) is 2.05. The van der Waals surface area contributed by atoms with Gasteiger partial charge >= 0.3 is 5.97 Å². The molecular weight excluding hydrogens is 240 g/mol. The summed E-state index contributed by atoms with van der Waals surface area (Å²) < 4.78 is 4.94. The third-order valence-corrected chi connectivity index (χ3v) is 2.96. The number of para-hydroxylation sites is 1. The number of ether oxygens (including phenoxy) is 1. The lowest BCUT2D eigenvalue weighted by Crippen LogP contribution is -2.37. The van der Waals surface area contributed by atoms with Gasteiger partial charge in [-0.05, 0) is 38.9 Å². The van der Waals surface area contributed by atoms with E-state index in [2.05, 4.69) is 29.4 Å². The van der Waals surface area contributed by atoms with Crippen molar-refractivity contribution < 1.29 is 9.53 Å². The van der Waals surface area contributed by atoms with Crippen molar-refractivity contribution in [3.05, 3.63) is 30.3 Å². The lowest BCUT2D eigenvalue weighted by Gasteiger charge is -2.20. The minimum absolute atomic E-state index is 0.182. The molecule has 19 heavy (non-hydrogen) atoms. The van der Waals surface area contributed by atoms with E-state index in [1.165, 1.54) is 5.69 Å². The van der Waals surface area contributed by atoms with Crippen molar-refractivity contribution in [2.24, 2.45) is 0 Å². The highest BCUT2D eigenvalue weighted by Crippen LogP contribution is 2.10. The molecule has 1 aromatic carbocycles. The van der Waals surface area contributed by atoms with E-state index in [0.717, 1.165) is 19.5 Å². The number of anilines is 1. The van der Waals surface area contributed by atoms with Crippen LogP contribution >= 0.6 is 0 Å². The van der Waals surface area contributed by atoms with Crippen LogP contribution in [0.2, 0.25) is 0 Å². The Morgan fingerprint density at radius 2 is 2.05 bits per heavy atom. The highest BCUT2D eigenvalue weighted by Gasteiger charge is 2.12. The first-order valence-electron chi connectivity index (χ1n) is 6.81.